The predicted octanol–water partition coefficient (Wildman–Crippen LogP) is 0.886. The number of carbonyl (C=O) groups is 1. The molecule has 0 saturated heterocycles. The summed E-state index contributed by atoms with van der Waals surface area (Å²) in [5, 5.41) is 3.33. The van der Waals surface area contributed by atoms with Gasteiger partial charge in [0, 0.05) is 19.0 Å². The molecule has 0 radical (unpaired) electrons. The third-order valence-corrected chi connectivity index (χ3v) is 2.92. The molecule has 0 bridgehead atoms. The number of primary amides is 1. The number of hydrogen-bond donors (Lipinski definition) is 2. The number of amides is 1. The molecule has 1 aliphatic rings. The average molecular weight is 184 g/mol. The van der Waals surface area contributed by atoms with Gasteiger partial charge in [0.15, 0.2) is 0 Å². The van der Waals surface area contributed by atoms with Crippen LogP contribution in [0.15, 0.2) is 0 Å². The van der Waals surface area contributed by atoms with E-state index in [1.54, 1.807) is 0 Å². The fraction of sp³-hybridized carbons (Fsp3) is 0.900. The number of nitrogens with one attached hydrogen (secondary N) is 1. The predicted molar refractivity (Wildman–Crippen MR) is 53.2 cm³/mol. The van der Waals surface area contributed by atoms with E-state index in [4.69, 9.17) is 5.73 Å². The molecule has 3 heteroatoms. The molecule has 3 nitrogen and oxygen atoms in total. The van der Waals surface area contributed by atoms with E-state index in [0.29, 0.717) is 12.5 Å². The summed E-state index contributed by atoms with van der Waals surface area (Å²) in [6.07, 6.45) is 2.98. The summed E-state index contributed by atoms with van der Waals surface area (Å²) < 4.78 is 0. The van der Waals surface area contributed by atoms with E-state index in [0.717, 1.165) is 18.4 Å². The first kappa shape index (κ1) is 10.5. The van der Waals surface area contributed by atoms with Crippen LogP contribution in [0.3, 0.4) is 0 Å². The van der Waals surface area contributed by atoms with Crippen LogP contribution in [0.4, 0.5) is 0 Å². The second kappa shape index (κ2) is 4.61. The first-order valence-electron chi connectivity index (χ1n) is 5.11. The minimum absolute atomic E-state index is 0.216. The minimum Gasteiger partial charge on any atom is -0.370 e. The van der Waals surface area contributed by atoms with E-state index in [9.17, 15) is 4.79 Å². The molecule has 1 aliphatic carbocycles. The summed E-state index contributed by atoms with van der Waals surface area (Å²) in [6, 6.07) is 0.631. The zero-order valence-electron chi connectivity index (χ0n) is 8.55. The molecule has 0 heterocycles. The van der Waals surface area contributed by atoms with Crippen LogP contribution in [0.1, 0.15) is 33.1 Å². The van der Waals surface area contributed by atoms with Crippen LogP contribution in [0, 0.1) is 11.8 Å². The molecule has 3 N–H and O–H groups in total. The first-order valence-corrected chi connectivity index (χ1v) is 5.11. The highest BCUT2D eigenvalue weighted by Crippen LogP contribution is 2.33. The van der Waals surface area contributed by atoms with Crippen molar-refractivity contribution in [2.45, 2.75) is 39.2 Å². The number of nitrogens with two attached hydrogens (primary N) is 1. The van der Waals surface area contributed by atoms with Gasteiger partial charge < -0.3 is 11.1 Å². The molecule has 1 rings (SSSR count). The zero-order valence-corrected chi connectivity index (χ0v) is 8.55. The standard InChI is InChI=1S/C10H20N2O/c1-7(2)8-5-9(6-8)12-4-3-10(11)13/h7-9,12H,3-6H2,1-2H3,(H2,11,13). The van der Waals surface area contributed by atoms with E-state index in [1.807, 2.05) is 0 Å². The van der Waals surface area contributed by atoms with Crippen LogP contribution >= 0.6 is 0 Å². The van der Waals surface area contributed by atoms with Gasteiger partial charge in [-0.05, 0) is 24.7 Å². The normalized spacial score (nSPS) is 27.3. The van der Waals surface area contributed by atoms with Crippen molar-refractivity contribution in [2.24, 2.45) is 17.6 Å². The third-order valence-electron chi connectivity index (χ3n) is 2.92. The molecule has 13 heavy (non-hydrogen) atoms. The lowest BCUT2D eigenvalue weighted by Gasteiger charge is -2.38. The Morgan fingerprint density at radius 1 is 1.54 bits per heavy atom. The zero-order chi connectivity index (χ0) is 9.84. The second-order valence-electron chi connectivity index (χ2n) is 4.34. The van der Waals surface area contributed by atoms with Crippen LogP contribution in [-0.4, -0.2) is 18.5 Å². The van der Waals surface area contributed by atoms with Crippen molar-refractivity contribution in [1.82, 2.24) is 5.32 Å². The van der Waals surface area contributed by atoms with Gasteiger partial charge in [0.2, 0.25) is 5.91 Å². The maximum Gasteiger partial charge on any atom is 0.218 e. The van der Waals surface area contributed by atoms with Gasteiger partial charge in [-0.1, -0.05) is 13.8 Å². The number of carbonyl (C=O) groups excluding carboxylic acids is 1. The fourth-order valence-electron chi connectivity index (χ4n) is 1.77. The molecule has 0 aromatic carbocycles. The number of hydrogen-bond acceptors (Lipinski definition) is 2. The highest BCUT2D eigenvalue weighted by Gasteiger charge is 2.30. The molecule has 0 aromatic heterocycles. The summed E-state index contributed by atoms with van der Waals surface area (Å²) in [5.74, 6) is 1.47. The Bertz CT molecular complexity index is 174. The fourth-order valence-corrected chi connectivity index (χ4v) is 1.77. The van der Waals surface area contributed by atoms with Gasteiger partial charge in [-0.3, -0.25) is 4.79 Å². The van der Waals surface area contributed by atoms with Crippen LogP contribution in [0.25, 0.3) is 0 Å². The lowest BCUT2D eigenvalue weighted by Crippen LogP contribution is -2.43. The molecule has 0 unspecified atom stereocenters. The molecule has 1 amide bonds. The van der Waals surface area contributed by atoms with Crippen molar-refractivity contribution in [3.05, 3.63) is 0 Å². The van der Waals surface area contributed by atoms with Crippen LogP contribution in [0.2, 0.25) is 0 Å². The van der Waals surface area contributed by atoms with E-state index >= 15 is 0 Å². The van der Waals surface area contributed by atoms with Gasteiger partial charge in [-0.25, -0.2) is 0 Å². The van der Waals surface area contributed by atoms with Crippen LogP contribution in [-0.2, 0) is 4.79 Å². The Morgan fingerprint density at radius 2 is 2.15 bits per heavy atom. The van der Waals surface area contributed by atoms with Crippen LogP contribution < -0.4 is 11.1 Å². The number of rotatable bonds is 5. The Kier molecular flexibility index (Phi) is 3.72. The summed E-state index contributed by atoms with van der Waals surface area (Å²) in [6.45, 7) is 5.28. The van der Waals surface area contributed by atoms with Crippen LogP contribution in [0.5, 0.6) is 0 Å². The quantitative estimate of drug-likeness (QED) is 0.666. The van der Waals surface area contributed by atoms with Gasteiger partial charge >= 0.3 is 0 Å². The smallest absolute Gasteiger partial charge is 0.218 e. The highest BCUT2D eigenvalue weighted by atomic mass is 16.1. The average Bonchev–Trinajstić information content (AvgIpc) is 1.92. The third kappa shape index (κ3) is 3.35. The Balaban J connectivity index is 1.99. The lowest BCUT2D eigenvalue weighted by atomic mass is 9.74. The topological polar surface area (TPSA) is 55.1 Å². The van der Waals surface area contributed by atoms with E-state index in [2.05, 4.69) is 19.2 Å². The minimum atomic E-state index is -0.216. The molecular weight excluding hydrogens is 164 g/mol. The van der Waals surface area contributed by atoms with E-state index in [-0.39, 0.29) is 5.91 Å². The summed E-state index contributed by atoms with van der Waals surface area (Å²) >= 11 is 0. The van der Waals surface area contributed by atoms with Gasteiger partial charge in [-0.15, -0.1) is 0 Å². The monoisotopic (exact) mass is 184 g/mol. The van der Waals surface area contributed by atoms with Gasteiger partial charge in [0.1, 0.15) is 0 Å². The maximum atomic E-state index is 10.4. The molecule has 1 saturated carbocycles. The Morgan fingerprint density at radius 3 is 2.62 bits per heavy atom. The summed E-state index contributed by atoms with van der Waals surface area (Å²) in [4.78, 5) is 10.4. The van der Waals surface area contributed by atoms with Crippen molar-refractivity contribution in [3.8, 4) is 0 Å². The molecule has 0 aromatic rings. The van der Waals surface area contributed by atoms with Crippen molar-refractivity contribution in [2.75, 3.05) is 6.54 Å². The molecule has 1 fully saturated rings. The van der Waals surface area contributed by atoms with Crippen molar-refractivity contribution in [3.63, 3.8) is 0 Å². The molecule has 0 atom stereocenters. The maximum absolute atomic E-state index is 10.4. The Hall–Kier alpha value is -0.570. The Labute approximate surface area is 80.1 Å². The summed E-state index contributed by atoms with van der Waals surface area (Å²) in [7, 11) is 0. The van der Waals surface area contributed by atoms with Crippen molar-refractivity contribution >= 4 is 5.91 Å². The van der Waals surface area contributed by atoms with E-state index < -0.39 is 0 Å². The van der Waals surface area contributed by atoms with Crippen molar-refractivity contribution < 1.29 is 4.79 Å². The molecular formula is C10H20N2O. The molecule has 76 valence electrons. The second-order valence-corrected chi connectivity index (χ2v) is 4.34. The van der Waals surface area contributed by atoms with Gasteiger partial charge in [0.05, 0.1) is 0 Å². The lowest BCUT2D eigenvalue weighted by molar-refractivity contribution is -0.117. The van der Waals surface area contributed by atoms with Gasteiger partial charge in [-0.2, -0.15) is 0 Å². The van der Waals surface area contributed by atoms with Crippen molar-refractivity contribution in [1.29, 1.82) is 0 Å². The largest absolute Gasteiger partial charge is 0.370 e. The molecule has 0 aliphatic heterocycles. The van der Waals surface area contributed by atoms with E-state index in [1.165, 1.54) is 12.8 Å². The summed E-state index contributed by atoms with van der Waals surface area (Å²) in [5.41, 5.74) is 5.03. The first-order chi connectivity index (χ1) is 6.09. The van der Waals surface area contributed by atoms with Gasteiger partial charge in [0.25, 0.3) is 0 Å². The molecule has 0 spiro atoms. The SMILES string of the molecule is CC(C)C1CC(NCCC(N)=O)C1. The highest BCUT2D eigenvalue weighted by molar-refractivity contribution is 5.73.